The molecule has 0 fully saturated rings. The van der Waals surface area contributed by atoms with Crippen LogP contribution in [0.15, 0.2) is 72.6 Å². The van der Waals surface area contributed by atoms with Gasteiger partial charge in [0.15, 0.2) is 5.78 Å². The molecule has 2 aromatic heterocycles. The number of pyridine rings is 1. The third-order valence-corrected chi connectivity index (χ3v) is 12.2. The molecule has 0 aliphatic heterocycles. The number of carbonyl (C=O) groups is 1. The monoisotopic (exact) mass is 763 g/mol. The Kier molecular flexibility index (Phi) is 9.75. The van der Waals surface area contributed by atoms with E-state index in [-0.39, 0.29) is 31.6 Å². The van der Waals surface area contributed by atoms with E-state index in [1.165, 1.54) is 56.4 Å². The van der Waals surface area contributed by atoms with Crippen LogP contribution in [0.1, 0.15) is 39.2 Å². The standard InChI is InChI=1S/C27H26GeNS.C5H8O2.Ir/c1-17(2)22-16-19(15-18-9-6-7-10-20(18)22)26-25-21-11-8-12-23(28(3,4)5)27(21)30-24(25)13-14-29-26;1-4(6)3-5(2)7;/h6-14,16-17H,1-5H3;3,6H,1-2H3;/q-1;;/b;4-3-;. The molecule has 0 spiro atoms. The van der Waals surface area contributed by atoms with Crippen molar-refractivity contribution in [3.8, 4) is 11.3 Å². The first kappa shape index (κ1) is 30.2. The number of nitrogens with zero attached hydrogens (tertiary/aromatic N) is 1. The summed E-state index contributed by atoms with van der Waals surface area (Å²) >= 11 is -0.0432. The van der Waals surface area contributed by atoms with Crippen molar-refractivity contribution in [3.05, 3.63) is 84.3 Å². The van der Waals surface area contributed by atoms with Crippen LogP contribution >= 0.6 is 11.3 Å². The normalized spacial score (nSPS) is 11.9. The van der Waals surface area contributed by atoms with Crippen LogP contribution in [0.4, 0.5) is 0 Å². The second-order valence-electron chi connectivity index (χ2n) is 10.8. The molecule has 0 saturated carbocycles. The zero-order chi connectivity index (χ0) is 26.9. The predicted octanol–water partition coefficient (Wildman–Crippen LogP) is 8.77. The number of fused-ring (bicyclic) bond motifs is 4. The molecule has 1 radical (unpaired) electrons. The first-order valence-corrected chi connectivity index (χ1v) is 20.8. The first-order chi connectivity index (χ1) is 17.5. The van der Waals surface area contributed by atoms with E-state index in [1.807, 2.05) is 17.5 Å². The van der Waals surface area contributed by atoms with Gasteiger partial charge in [0, 0.05) is 26.2 Å². The van der Waals surface area contributed by atoms with E-state index in [9.17, 15) is 4.79 Å². The molecule has 3 aromatic carbocycles. The number of hydrogen-bond acceptors (Lipinski definition) is 4. The number of allylic oxidation sites excluding steroid dienone is 2. The van der Waals surface area contributed by atoms with Gasteiger partial charge in [-0.25, -0.2) is 0 Å². The van der Waals surface area contributed by atoms with Gasteiger partial charge in [0.1, 0.15) is 0 Å². The largest absolute Gasteiger partial charge is 0 e. The van der Waals surface area contributed by atoms with Crippen LogP contribution in [0.5, 0.6) is 0 Å². The number of aromatic nitrogens is 1. The quantitative estimate of drug-likeness (QED) is 0.0863. The summed E-state index contributed by atoms with van der Waals surface area (Å²) in [7, 11) is 0. The average molecular weight is 762 g/mol. The molecule has 38 heavy (non-hydrogen) atoms. The summed E-state index contributed by atoms with van der Waals surface area (Å²) in [6, 6.07) is 23.6. The van der Waals surface area contributed by atoms with Crippen molar-refractivity contribution in [2.24, 2.45) is 0 Å². The smallest absolute Gasteiger partial charge is 0 e. The topological polar surface area (TPSA) is 50.2 Å². The van der Waals surface area contributed by atoms with Gasteiger partial charge in [0.05, 0.1) is 5.76 Å². The number of benzene rings is 3. The first-order valence-electron chi connectivity index (χ1n) is 12.6. The minimum Gasteiger partial charge on any atom is 0 e. The Hall–Kier alpha value is -2.31. The van der Waals surface area contributed by atoms with E-state index in [1.54, 1.807) is 4.40 Å². The number of hydrogen-bond donors (Lipinski definition) is 1. The van der Waals surface area contributed by atoms with Crippen molar-refractivity contribution >= 4 is 65.7 Å². The molecule has 6 heteroatoms. The summed E-state index contributed by atoms with van der Waals surface area (Å²) in [6.07, 6.45) is 3.13. The third kappa shape index (κ3) is 6.45. The molecule has 0 amide bonds. The molecule has 0 aliphatic carbocycles. The van der Waals surface area contributed by atoms with Crippen LogP contribution in [-0.4, -0.2) is 29.1 Å². The number of carbonyl (C=O) groups excluding carboxylic acids is 1. The molecule has 199 valence electrons. The second-order valence-corrected chi connectivity index (χ2v) is 22.4. The fourth-order valence-corrected chi connectivity index (χ4v) is 10.7. The van der Waals surface area contributed by atoms with Gasteiger partial charge in [-0.1, -0.05) is 0 Å². The van der Waals surface area contributed by atoms with Crippen molar-refractivity contribution in [2.45, 2.75) is 50.9 Å². The maximum absolute atomic E-state index is 10.0. The molecule has 1 N–H and O–H groups in total. The summed E-state index contributed by atoms with van der Waals surface area (Å²) in [5.41, 5.74) is 3.53. The molecule has 0 atom stereocenters. The van der Waals surface area contributed by atoms with Crippen LogP contribution in [0.25, 0.3) is 42.2 Å². The zero-order valence-electron chi connectivity index (χ0n) is 23.0. The zero-order valence-corrected chi connectivity index (χ0v) is 28.3. The van der Waals surface area contributed by atoms with Crippen LogP contribution in [0.3, 0.4) is 0 Å². The Morgan fingerprint density at radius 3 is 2.32 bits per heavy atom. The van der Waals surface area contributed by atoms with E-state index < -0.39 is 13.3 Å². The molecule has 0 bridgehead atoms. The van der Waals surface area contributed by atoms with Crippen LogP contribution in [0, 0.1) is 6.07 Å². The van der Waals surface area contributed by atoms with Gasteiger partial charge in [-0.05, 0) is 13.8 Å². The summed E-state index contributed by atoms with van der Waals surface area (Å²) in [5.74, 6) is 7.81. The van der Waals surface area contributed by atoms with Crippen molar-refractivity contribution in [2.75, 3.05) is 0 Å². The van der Waals surface area contributed by atoms with Crippen LogP contribution < -0.4 is 4.40 Å². The van der Waals surface area contributed by atoms with E-state index in [2.05, 4.69) is 91.8 Å². The predicted molar refractivity (Wildman–Crippen MR) is 163 cm³/mol. The maximum Gasteiger partial charge on any atom is 0 e. The van der Waals surface area contributed by atoms with E-state index >= 15 is 0 Å². The van der Waals surface area contributed by atoms with Crippen LogP contribution in [-0.2, 0) is 24.9 Å². The van der Waals surface area contributed by atoms with Gasteiger partial charge in [0.2, 0.25) is 0 Å². The maximum atomic E-state index is 10.0. The van der Waals surface area contributed by atoms with E-state index in [0.29, 0.717) is 5.92 Å². The minimum absolute atomic E-state index is 0. The molecule has 5 aromatic rings. The minimum atomic E-state index is -1.97. The summed E-state index contributed by atoms with van der Waals surface area (Å²) < 4.78 is 4.37. The Balaban J connectivity index is 0.000000444. The fourth-order valence-electron chi connectivity index (χ4n) is 4.70. The summed E-state index contributed by atoms with van der Waals surface area (Å²) in [5, 5.41) is 13.5. The van der Waals surface area contributed by atoms with Gasteiger partial charge >= 0.3 is 186 Å². The number of ketones is 1. The van der Waals surface area contributed by atoms with E-state index in [0.717, 1.165) is 11.3 Å². The average Bonchev–Trinajstić information content (AvgIpc) is 3.21. The molecule has 5 rings (SSSR count). The summed E-state index contributed by atoms with van der Waals surface area (Å²) in [6.45, 7) is 7.38. The van der Waals surface area contributed by atoms with Gasteiger partial charge in [-0.15, -0.1) is 0 Å². The molecular weight excluding hydrogens is 727 g/mol. The number of rotatable bonds is 4. The molecule has 0 saturated heterocycles. The summed E-state index contributed by atoms with van der Waals surface area (Å²) in [4.78, 5) is 14.9. The Morgan fingerprint density at radius 2 is 1.71 bits per heavy atom. The van der Waals surface area contributed by atoms with Gasteiger partial charge in [-0.3, -0.25) is 4.79 Å². The molecule has 0 unspecified atom stereocenters. The number of thiophene rings is 1. The SMILES string of the molecule is CC(=O)/C=C(/C)O.CC(C)c1cc(-c2nccc3sc4[c]([Ge]([CH3])([CH3])[CH3])cccc4c23)[c-]c2ccccc12.[Ir]. The molecule has 2 heterocycles. The van der Waals surface area contributed by atoms with Crippen molar-refractivity contribution in [1.82, 2.24) is 4.98 Å². The van der Waals surface area contributed by atoms with Gasteiger partial charge < -0.3 is 5.11 Å². The van der Waals surface area contributed by atoms with E-state index in [4.69, 9.17) is 10.1 Å². The Labute approximate surface area is 245 Å². The van der Waals surface area contributed by atoms with Crippen molar-refractivity contribution < 1.29 is 30.0 Å². The van der Waals surface area contributed by atoms with Crippen molar-refractivity contribution in [1.29, 1.82) is 0 Å². The molecular formula is C32H34GeIrNO2S-. The second kappa shape index (κ2) is 12.3. The molecule has 0 aliphatic rings. The van der Waals surface area contributed by atoms with Gasteiger partial charge in [-0.2, -0.15) is 0 Å². The van der Waals surface area contributed by atoms with Crippen LogP contribution in [0.2, 0.25) is 17.3 Å². The molecule has 3 nitrogen and oxygen atoms in total. The van der Waals surface area contributed by atoms with Gasteiger partial charge in [0.25, 0.3) is 0 Å². The fraction of sp³-hybridized carbons (Fsp3) is 0.250. The Morgan fingerprint density at radius 1 is 1.03 bits per heavy atom. The number of aliphatic hydroxyl groups is 1. The van der Waals surface area contributed by atoms with Crippen molar-refractivity contribution in [3.63, 3.8) is 0 Å². The Bertz CT molecular complexity index is 1640. The third-order valence-electron chi connectivity index (χ3n) is 6.31. The number of aliphatic hydroxyl groups excluding tert-OH is 1.